The van der Waals surface area contributed by atoms with Crippen molar-refractivity contribution >= 4 is 28.3 Å². The Balaban J connectivity index is 1.59. The average molecular weight is 402 g/mol. The fourth-order valence-electron chi connectivity index (χ4n) is 3.01. The molecule has 7 heteroatoms. The Labute approximate surface area is 164 Å². The van der Waals surface area contributed by atoms with E-state index in [9.17, 15) is 13.2 Å². The highest BCUT2D eigenvalue weighted by atomic mass is 35.5. The molecule has 4 aromatic rings. The number of nitrogens with zero attached hydrogens (tertiary/aromatic N) is 1. The van der Waals surface area contributed by atoms with Gasteiger partial charge in [-0.05, 0) is 35.4 Å². The number of fused-ring (bicyclic) bond motifs is 1. The highest BCUT2D eigenvalue weighted by Gasteiger charge is 2.29. The van der Waals surface area contributed by atoms with Crippen LogP contribution in [0.3, 0.4) is 0 Å². The normalized spacial score (nSPS) is 11.7. The van der Waals surface area contributed by atoms with E-state index in [4.69, 9.17) is 11.6 Å². The fourth-order valence-corrected chi connectivity index (χ4v) is 3.28. The van der Waals surface area contributed by atoms with Gasteiger partial charge in [-0.2, -0.15) is 18.3 Å². The average Bonchev–Trinajstić information content (AvgIpc) is 3.07. The molecule has 0 saturated carbocycles. The van der Waals surface area contributed by atoms with Crippen LogP contribution in [0.15, 0.2) is 66.7 Å². The number of hydrogen-bond acceptors (Lipinski definition) is 2. The smallest absolute Gasteiger partial charge is 0.364 e. The second kappa shape index (κ2) is 7.20. The van der Waals surface area contributed by atoms with Crippen LogP contribution in [0.25, 0.3) is 22.0 Å². The van der Waals surface area contributed by atoms with Gasteiger partial charge in [0.1, 0.15) is 0 Å². The molecule has 2 N–H and O–H groups in total. The predicted octanol–water partition coefficient (Wildman–Crippen LogP) is 6.51. The van der Waals surface area contributed by atoms with E-state index >= 15 is 0 Å². The third-order valence-electron chi connectivity index (χ3n) is 4.48. The molecular formula is C21H15ClF3N3. The quantitative estimate of drug-likeness (QED) is 0.409. The first kappa shape index (κ1) is 18.4. The summed E-state index contributed by atoms with van der Waals surface area (Å²) in [5, 5.41) is 11.8. The summed E-state index contributed by atoms with van der Waals surface area (Å²) in [4.78, 5) is 0. The molecule has 0 bridgehead atoms. The van der Waals surface area contributed by atoms with Crippen molar-refractivity contribution in [3.63, 3.8) is 0 Å². The molecule has 0 saturated heterocycles. The number of nitrogens with one attached hydrogen (secondary N) is 2. The van der Waals surface area contributed by atoms with Crippen molar-refractivity contribution in [1.29, 1.82) is 0 Å². The van der Waals surface area contributed by atoms with Crippen molar-refractivity contribution in [3.8, 4) is 11.1 Å². The molecule has 28 heavy (non-hydrogen) atoms. The van der Waals surface area contributed by atoms with Crippen molar-refractivity contribution in [1.82, 2.24) is 10.2 Å². The molecule has 142 valence electrons. The van der Waals surface area contributed by atoms with Crippen LogP contribution in [-0.2, 0) is 12.7 Å². The Morgan fingerprint density at radius 1 is 0.964 bits per heavy atom. The second-order valence-corrected chi connectivity index (χ2v) is 6.77. The van der Waals surface area contributed by atoms with E-state index in [0.717, 1.165) is 39.7 Å². The number of halogens is 4. The number of benzene rings is 3. The lowest BCUT2D eigenvalue weighted by molar-refractivity contribution is -0.137. The molecule has 3 aromatic carbocycles. The summed E-state index contributed by atoms with van der Waals surface area (Å²) < 4.78 is 38.0. The van der Waals surface area contributed by atoms with Gasteiger partial charge < -0.3 is 5.32 Å². The molecule has 0 aliphatic rings. The molecule has 3 nitrogen and oxygen atoms in total. The zero-order chi connectivity index (χ0) is 19.7. The fraction of sp³-hybridized carbons (Fsp3) is 0.0952. The van der Waals surface area contributed by atoms with Crippen LogP contribution in [0.2, 0.25) is 5.02 Å². The van der Waals surface area contributed by atoms with Crippen LogP contribution in [0.5, 0.6) is 0 Å². The summed E-state index contributed by atoms with van der Waals surface area (Å²) in [7, 11) is 0. The van der Waals surface area contributed by atoms with E-state index in [1.807, 2.05) is 42.5 Å². The summed E-state index contributed by atoms with van der Waals surface area (Å²) in [6.45, 7) is 0.349. The van der Waals surface area contributed by atoms with Crippen molar-refractivity contribution in [3.05, 3.63) is 82.9 Å². The highest BCUT2D eigenvalue weighted by molar-refractivity contribution is 6.34. The molecule has 0 aliphatic heterocycles. The molecule has 0 fully saturated rings. The standard InChI is InChI=1S/C21H15ClF3N3/c22-18-11-19-17(10-16(18)14-4-2-1-3-5-14)20(28-27-19)26-12-13-6-8-15(9-7-13)21(23,24)25/h1-11H,12H2,(H2,26,27,28). The van der Waals surface area contributed by atoms with Crippen LogP contribution in [0.4, 0.5) is 19.0 Å². The molecule has 0 unspecified atom stereocenters. The van der Waals surface area contributed by atoms with Crippen LogP contribution in [0, 0.1) is 0 Å². The van der Waals surface area contributed by atoms with Gasteiger partial charge in [-0.1, -0.05) is 54.1 Å². The van der Waals surface area contributed by atoms with E-state index in [-0.39, 0.29) is 0 Å². The van der Waals surface area contributed by atoms with E-state index in [1.54, 1.807) is 0 Å². The Hall–Kier alpha value is -2.99. The first-order valence-corrected chi connectivity index (χ1v) is 8.92. The molecule has 1 heterocycles. The number of anilines is 1. The molecule has 0 radical (unpaired) electrons. The number of rotatable bonds is 4. The summed E-state index contributed by atoms with van der Waals surface area (Å²) in [5.41, 5.74) is 2.71. The van der Waals surface area contributed by atoms with Gasteiger partial charge in [0.25, 0.3) is 0 Å². The predicted molar refractivity (Wildman–Crippen MR) is 105 cm³/mol. The number of H-pyrrole nitrogens is 1. The Bertz CT molecular complexity index is 1100. The lowest BCUT2D eigenvalue weighted by atomic mass is 10.0. The zero-order valence-electron chi connectivity index (χ0n) is 14.5. The van der Waals surface area contributed by atoms with Crippen LogP contribution in [-0.4, -0.2) is 10.2 Å². The minimum absolute atomic E-state index is 0.349. The molecular weight excluding hydrogens is 387 g/mol. The maximum Gasteiger partial charge on any atom is 0.416 e. The maximum atomic E-state index is 12.7. The third-order valence-corrected chi connectivity index (χ3v) is 4.79. The highest BCUT2D eigenvalue weighted by Crippen LogP contribution is 2.34. The monoisotopic (exact) mass is 401 g/mol. The first-order valence-electron chi connectivity index (χ1n) is 8.55. The zero-order valence-corrected chi connectivity index (χ0v) is 15.3. The van der Waals surface area contributed by atoms with Gasteiger partial charge in [-0.3, -0.25) is 5.10 Å². The Kier molecular flexibility index (Phi) is 4.73. The van der Waals surface area contributed by atoms with Crippen LogP contribution >= 0.6 is 11.6 Å². The molecule has 0 amide bonds. The minimum atomic E-state index is -4.34. The summed E-state index contributed by atoms with van der Waals surface area (Å²) >= 11 is 6.41. The Morgan fingerprint density at radius 3 is 2.36 bits per heavy atom. The summed E-state index contributed by atoms with van der Waals surface area (Å²) in [6, 6.07) is 18.6. The van der Waals surface area contributed by atoms with E-state index in [1.165, 1.54) is 12.1 Å². The van der Waals surface area contributed by atoms with Crippen LogP contribution in [0.1, 0.15) is 11.1 Å². The molecule has 0 aliphatic carbocycles. The van der Waals surface area contributed by atoms with Gasteiger partial charge in [0.15, 0.2) is 5.82 Å². The van der Waals surface area contributed by atoms with Crippen molar-refractivity contribution in [2.45, 2.75) is 12.7 Å². The number of hydrogen-bond donors (Lipinski definition) is 2. The maximum absolute atomic E-state index is 12.7. The lowest BCUT2D eigenvalue weighted by Crippen LogP contribution is -2.05. The minimum Gasteiger partial charge on any atom is -0.364 e. The second-order valence-electron chi connectivity index (χ2n) is 6.36. The van der Waals surface area contributed by atoms with Crippen molar-refractivity contribution < 1.29 is 13.2 Å². The SMILES string of the molecule is FC(F)(F)c1ccc(CNc2n[nH]c3cc(Cl)c(-c4ccccc4)cc23)cc1. The van der Waals surface area contributed by atoms with E-state index in [0.29, 0.717) is 17.4 Å². The summed E-state index contributed by atoms with van der Waals surface area (Å²) in [5.74, 6) is 0.615. The van der Waals surface area contributed by atoms with E-state index in [2.05, 4.69) is 15.5 Å². The van der Waals surface area contributed by atoms with Gasteiger partial charge in [-0.25, -0.2) is 0 Å². The molecule has 4 rings (SSSR count). The number of aromatic nitrogens is 2. The summed E-state index contributed by atoms with van der Waals surface area (Å²) in [6.07, 6.45) is -4.34. The number of alkyl halides is 3. The van der Waals surface area contributed by atoms with Gasteiger partial charge >= 0.3 is 6.18 Å². The molecule has 1 aromatic heterocycles. The van der Waals surface area contributed by atoms with Crippen molar-refractivity contribution in [2.75, 3.05) is 5.32 Å². The molecule has 0 spiro atoms. The van der Waals surface area contributed by atoms with Gasteiger partial charge in [0, 0.05) is 17.5 Å². The third kappa shape index (κ3) is 3.68. The largest absolute Gasteiger partial charge is 0.416 e. The van der Waals surface area contributed by atoms with Crippen molar-refractivity contribution in [2.24, 2.45) is 0 Å². The van der Waals surface area contributed by atoms with E-state index < -0.39 is 11.7 Å². The number of aromatic amines is 1. The van der Waals surface area contributed by atoms with Gasteiger partial charge in [-0.15, -0.1) is 0 Å². The van der Waals surface area contributed by atoms with Crippen LogP contribution < -0.4 is 5.32 Å². The van der Waals surface area contributed by atoms with Gasteiger partial charge in [0.2, 0.25) is 0 Å². The van der Waals surface area contributed by atoms with Gasteiger partial charge in [0.05, 0.1) is 16.1 Å². The Morgan fingerprint density at radius 2 is 1.68 bits per heavy atom. The molecule has 0 atom stereocenters. The first-order chi connectivity index (χ1) is 13.4. The lowest BCUT2D eigenvalue weighted by Gasteiger charge is -2.09. The topological polar surface area (TPSA) is 40.7 Å².